The summed E-state index contributed by atoms with van der Waals surface area (Å²) >= 11 is 0. The molecule has 1 heterocycles. The van der Waals surface area contributed by atoms with E-state index in [0.717, 1.165) is 0 Å². The van der Waals surface area contributed by atoms with E-state index < -0.39 is 5.97 Å². The minimum absolute atomic E-state index is 0.0555. The molecule has 1 rings (SSSR count). The van der Waals surface area contributed by atoms with Crippen molar-refractivity contribution >= 4 is 17.7 Å². The number of aromatic carboxylic acids is 1. The van der Waals surface area contributed by atoms with Crippen LogP contribution >= 0.6 is 0 Å². The van der Waals surface area contributed by atoms with E-state index in [-0.39, 0.29) is 11.3 Å². The Morgan fingerprint density at radius 2 is 2.42 bits per heavy atom. The lowest BCUT2D eigenvalue weighted by molar-refractivity contribution is 0.0698. The second kappa shape index (κ2) is 3.04. The standard InChI is InChI=1S/C8H8N2O2/c1-2-6-7(9)5(8(11)12)3-4-10-6/h2-4H,1,9H2,(H,11,12). The van der Waals surface area contributed by atoms with Gasteiger partial charge in [-0.3, -0.25) is 4.98 Å². The number of rotatable bonds is 2. The predicted octanol–water partition coefficient (Wildman–Crippen LogP) is 1.00. The summed E-state index contributed by atoms with van der Waals surface area (Å²) < 4.78 is 0. The number of anilines is 1. The monoisotopic (exact) mass is 164 g/mol. The fraction of sp³-hybridized carbons (Fsp3) is 0. The quantitative estimate of drug-likeness (QED) is 0.683. The molecular weight excluding hydrogens is 156 g/mol. The number of carbonyl (C=O) groups is 1. The van der Waals surface area contributed by atoms with E-state index >= 15 is 0 Å². The van der Waals surface area contributed by atoms with Crippen molar-refractivity contribution in [3.63, 3.8) is 0 Å². The summed E-state index contributed by atoms with van der Waals surface area (Å²) in [4.78, 5) is 14.4. The zero-order valence-electron chi connectivity index (χ0n) is 6.32. The summed E-state index contributed by atoms with van der Waals surface area (Å²) in [6.07, 6.45) is 2.80. The van der Waals surface area contributed by atoms with Crippen molar-refractivity contribution in [1.29, 1.82) is 0 Å². The highest BCUT2D eigenvalue weighted by Gasteiger charge is 2.09. The molecule has 0 aliphatic carbocycles. The molecular formula is C8H8N2O2. The average Bonchev–Trinajstić information content (AvgIpc) is 2.04. The van der Waals surface area contributed by atoms with Crippen LogP contribution in [0.4, 0.5) is 5.69 Å². The number of carboxylic acids is 1. The van der Waals surface area contributed by atoms with Crippen molar-refractivity contribution in [3.05, 3.63) is 30.1 Å². The van der Waals surface area contributed by atoms with Gasteiger partial charge in [0.15, 0.2) is 0 Å². The Hall–Kier alpha value is -1.84. The molecule has 3 N–H and O–H groups in total. The summed E-state index contributed by atoms with van der Waals surface area (Å²) in [5, 5.41) is 8.64. The molecule has 0 aromatic carbocycles. The molecule has 0 fully saturated rings. The summed E-state index contributed by atoms with van der Waals surface area (Å²) in [5.41, 5.74) is 6.09. The van der Waals surface area contributed by atoms with E-state index in [1.807, 2.05) is 0 Å². The molecule has 1 aromatic heterocycles. The van der Waals surface area contributed by atoms with E-state index in [1.165, 1.54) is 18.3 Å². The van der Waals surface area contributed by atoms with Gasteiger partial charge in [0.05, 0.1) is 16.9 Å². The lowest BCUT2D eigenvalue weighted by Gasteiger charge is -2.01. The molecule has 0 amide bonds. The topological polar surface area (TPSA) is 76.2 Å². The van der Waals surface area contributed by atoms with Crippen molar-refractivity contribution in [3.8, 4) is 0 Å². The van der Waals surface area contributed by atoms with Gasteiger partial charge in [-0.1, -0.05) is 6.58 Å². The first-order chi connectivity index (χ1) is 5.66. The molecule has 0 spiro atoms. The van der Waals surface area contributed by atoms with E-state index in [0.29, 0.717) is 5.69 Å². The molecule has 0 atom stereocenters. The number of hydrogen-bond acceptors (Lipinski definition) is 3. The second-order valence-electron chi connectivity index (χ2n) is 2.17. The van der Waals surface area contributed by atoms with Crippen molar-refractivity contribution in [2.45, 2.75) is 0 Å². The zero-order chi connectivity index (χ0) is 9.14. The van der Waals surface area contributed by atoms with Crippen molar-refractivity contribution < 1.29 is 9.90 Å². The SMILES string of the molecule is C=Cc1nccc(C(=O)O)c1N. The van der Waals surface area contributed by atoms with Crippen LogP contribution < -0.4 is 5.73 Å². The van der Waals surface area contributed by atoms with Gasteiger partial charge < -0.3 is 10.8 Å². The van der Waals surface area contributed by atoms with Crippen molar-refractivity contribution in [2.75, 3.05) is 5.73 Å². The van der Waals surface area contributed by atoms with Crippen LogP contribution in [0.25, 0.3) is 6.08 Å². The normalized spacial score (nSPS) is 9.33. The van der Waals surface area contributed by atoms with E-state index in [9.17, 15) is 4.79 Å². The Morgan fingerprint density at radius 3 is 2.92 bits per heavy atom. The maximum atomic E-state index is 10.5. The van der Waals surface area contributed by atoms with Gasteiger partial charge in [0, 0.05) is 6.20 Å². The first-order valence-corrected chi connectivity index (χ1v) is 3.27. The number of hydrogen-bond donors (Lipinski definition) is 2. The van der Waals surface area contributed by atoms with Crippen LogP contribution in [0.3, 0.4) is 0 Å². The smallest absolute Gasteiger partial charge is 0.337 e. The zero-order valence-corrected chi connectivity index (χ0v) is 6.32. The highest BCUT2D eigenvalue weighted by molar-refractivity contribution is 5.95. The van der Waals surface area contributed by atoms with Crippen LogP contribution in [0.2, 0.25) is 0 Å². The third-order valence-electron chi connectivity index (χ3n) is 1.44. The van der Waals surface area contributed by atoms with E-state index in [4.69, 9.17) is 10.8 Å². The summed E-state index contributed by atoms with van der Waals surface area (Å²) in [6, 6.07) is 1.35. The fourth-order valence-electron chi connectivity index (χ4n) is 0.839. The molecule has 4 heteroatoms. The minimum Gasteiger partial charge on any atom is -0.478 e. The first-order valence-electron chi connectivity index (χ1n) is 3.27. The third kappa shape index (κ3) is 1.27. The highest BCUT2D eigenvalue weighted by atomic mass is 16.4. The molecule has 0 bridgehead atoms. The van der Waals surface area contributed by atoms with Crippen LogP contribution in [0.15, 0.2) is 18.8 Å². The average molecular weight is 164 g/mol. The van der Waals surface area contributed by atoms with Gasteiger partial charge in [0.1, 0.15) is 0 Å². The number of aromatic nitrogens is 1. The Labute approximate surface area is 69.4 Å². The number of carboxylic acid groups (broad SMARTS) is 1. The van der Waals surface area contributed by atoms with Gasteiger partial charge in [-0.25, -0.2) is 4.79 Å². The summed E-state index contributed by atoms with van der Waals surface area (Å²) in [5.74, 6) is -1.06. The molecule has 62 valence electrons. The maximum absolute atomic E-state index is 10.5. The van der Waals surface area contributed by atoms with Crippen LogP contribution in [0.5, 0.6) is 0 Å². The fourth-order valence-corrected chi connectivity index (χ4v) is 0.839. The van der Waals surface area contributed by atoms with E-state index in [2.05, 4.69) is 11.6 Å². The second-order valence-corrected chi connectivity index (χ2v) is 2.17. The number of nitrogens with two attached hydrogens (primary N) is 1. The largest absolute Gasteiger partial charge is 0.478 e. The van der Waals surface area contributed by atoms with Crippen LogP contribution in [-0.2, 0) is 0 Å². The lowest BCUT2D eigenvalue weighted by atomic mass is 10.2. The molecule has 0 saturated carbocycles. The number of pyridine rings is 1. The van der Waals surface area contributed by atoms with Gasteiger partial charge >= 0.3 is 5.97 Å². The van der Waals surface area contributed by atoms with Gasteiger partial charge in [0.2, 0.25) is 0 Å². The molecule has 0 aliphatic heterocycles. The predicted molar refractivity (Wildman–Crippen MR) is 45.7 cm³/mol. The van der Waals surface area contributed by atoms with E-state index in [1.54, 1.807) is 0 Å². The Balaban J connectivity index is 3.32. The summed E-state index contributed by atoms with van der Waals surface area (Å²) in [7, 11) is 0. The Kier molecular flexibility index (Phi) is 2.09. The first kappa shape index (κ1) is 8.26. The van der Waals surface area contributed by atoms with Crippen molar-refractivity contribution in [1.82, 2.24) is 4.98 Å². The molecule has 0 radical (unpaired) electrons. The minimum atomic E-state index is -1.06. The highest BCUT2D eigenvalue weighted by Crippen LogP contribution is 2.15. The third-order valence-corrected chi connectivity index (χ3v) is 1.44. The lowest BCUT2D eigenvalue weighted by Crippen LogP contribution is -2.04. The van der Waals surface area contributed by atoms with Crippen LogP contribution in [0, 0.1) is 0 Å². The number of nitrogens with zero attached hydrogens (tertiary/aromatic N) is 1. The maximum Gasteiger partial charge on any atom is 0.337 e. The molecule has 1 aromatic rings. The van der Waals surface area contributed by atoms with Crippen LogP contribution in [-0.4, -0.2) is 16.1 Å². The number of nitrogen functional groups attached to an aromatic ring is 1. The molecule has 0 aliphatic rings. The van der Waals surface area contributed by atoms with Crippen molar-refractivity contribution in [2.24, 2.45) is 0 Å². The molecule has 4 nitrogen and oxygen atoms in total. The summed E-state index contributed by atoms with van der Waals surface area (Å²) in [6.45, 7) is 3.46. The van der Waals surface area contributed by atoms with Crippen LogP contribution in [0.1, 0.15) is 16.1 Å². The Bertz CT molecular complexity index is 334. The Morgan fingerprint density at radius 1 is 1.75 bits per heavy atom. The van der Waals surface area contributed by atoms with Gasteiger partial charge in [-0.05, 0) is 12.1 Å². The van der Waals surface area contributed by atoms with Gasteiger partial charge in [0.25, 0.3) is 0 Å². The molecule has 12 heavy (non-hydrogen) atoms. The molecule has 0 saturated heterocycles. The van der Waals surface area contributed by atoms with Gasteiger partial charge in [-0.2, -0.15) is 0 Å². The van der Waals surface area contributed by atoms with Gasteiger partial charge in [-0.15, -0.1) is 0 Å². The molecule has 0 unspecified atom stereocenters.